The maximum absolute atomic E-state index is 12.1. The molecule has 5 nitrogen and oxygen atoms in total. The zero-order valence-corrected chi connectivity index (χ0v) is 15.4. The van der Waals surface area contributed by atoms with E-state index in [4.69, 9.17) is 4.42 Å². The maximum atomic E-state index is 12.1. The summed E-state index contributed by atoms with van der Waals surface area (Å²) < 4.78 is 6.30. The van der Waals surface area contributed by atoms with Crippen LogP contribution in [0.25, 0.3) is 6.08 Å². The van der Waals surface area contributed by atoms with Gasteiger partial charge in [0.05, 0.1) is 6.54 Å². The Morgan fingerprint density at radius 2 is 2.00 bits per heavy atom. The third-order valence-corrected chi connectivity index (χ3v) is 3.86. The Hall–Kier alpha value is -2.34. The van der Waals surface area contributed by atoms with Gasteiger partial charge in [0.1, 0.15) is 11.5 Å². The predicted molar refractivity (Wildman–Crippen MR) is 97.6 cm³/mol. The second kappa shape index (κ2) is 7.97. The number of aryl methyl sites for hydroxylation is 2. The van der Waals surface area contributed by atoms with Gasteiger partial charge in [-0.3, -0.25) is 9.59 Å². The van der Waals surface area contributed by atoms with Crippen LogP contribution in [0, 0.1) is 13.8 Å². The van der Waals surface area contributed by atoms with Crippen molar-refractivity contribution in [2.24, 2.45) is 0 Å². The first-order chi connectivity index (χ1) is 11.3. The molecule has 1 heterocycles. The lowest BCUT2D eigenvalue weighted by atomic mass is 10.2. The molecule has 0 spiro atoms. The highest BCUT2D eigenvalue weighted by atomic mass is 79.9. The molecule has 2 amide bonds. The first kappa shape index (κ1) is 18.0. The molecule has 1 aromatic carbocycles. The number of nitrogens with zero attached hydrogens (tertiary/aromatic N) is 1. The van der Waals surface area contributed by atoms with E-state index in [0.29, 0.717) is 5.76 Å². The van der Waals surface area contributed by atoms with Crippen LogP contribution in [-0.4, -0.2) is 30.3 Å². The topological polar surface area (TPSA) is 62.6 Å². The van der Waals surface area contributed by atoms with Crippen molar-refractivity contribution >= 4 is 39.5 Å². The zero-order valence-electron chi connectivity index (χ0n) is 13.8. The van der Waals surface area contributed by atoms with E-state index in [9.17, 15) is 9.59 Å². The number of rotatable bonds is 5. The van der Waals surface area contributed by atoms with Crippen LogP contribution in [0.1, 0.15) is 17.1 Å². The highest BCUT2D eigenvalue weighted by Gasteiger charge is 2.12. The Kier molecular flexibility index (Phi) is 5.98. The lowest BCUT2D eigenvalue weighted by Crippen LogP contribution is -2.34. The fraction of sp³-hybridized carbons (Fsp3) is 0.222. The summed E-state index contributed by atoms with van der Waals surface area (Å²) in [5.41, 5.74) is 1.67. The number of likely N-dealkylation sites (N-methyl/N-ethyl adjacent to an activating group) is 1. The van der Waals surface area contributed by atoms with Crippen LogP contribution >= 0.6 is 15.9 Å². The highest BCUT2D eigenvalue weighted by Crippen LogP contribution is 2.19. The predicted octanol–water partition coefficient (Wildman–Crippen LogP) is 3.77. The molecular formula is C18H19BrN2O3. The molecule has 0 saturated heterocycles. The van der Waals surface area contributed by atoms with Crippen molar-refractivity contribution in [1.29, 1.82) is 0 Å². The Morgan fingerprint density at radius 3 is 2.62 bits per heavy atom. The normalized spacial score (nSPS) is 10.8. The number of carbonyl (C=O) groups excluding carboxylic acids is 2. The Morgan fingerprint density at radius 1 is 1.25 bits per heavy atom. The minimum atomic E-state index is -0.272. The van der Waals surface area contributed by atoms with Crippen LogP contribution in [0.4, 0.5) is 5.69 Å². The van der Waals surface area contributed by atoms with Gasteiger partial charge in [0.15, 0.2) is 0 Å². The fourth-order valence-electron chi connectivity index (χ4n) is 2.07. The van der Waals surface area contributed by atoms with Gasteiger partial charge in [0.2, 0.25) is 11.8 Å². The number of hydrogen-bond acceptors (Lipinski definition) is 3. The van der Waals surface area contributed by atoms with Crippen molar-refractivity contribution in [2.45, 2.75) is 13.8 Å². The van der Waals surface area contributed by atoms with Crippen LogP contribution < -0.4 is 5.32 Å². The van der Waals surface area contributed by atoms with Crippen LogP contribution in [0.2, 0.25) is 0 Å². The molecule has 2 rings (SSSR count). The quantitative estimate of drug-likeness (QED) is 0.790. The van der Waals surface area contributed by atoms with Gasteiger partial charge < -0.3 is 14.6 Å². The first-order valence-electron chi connectivity index (χ1n) is 7.41. The number of anilines is 1. The van der Waals surface area contributed by atoms with E-state index in [1.54, 1.807) is 19.2 Å². The van der Waals surface area contributed by atoms with Crippen LogP contribution in [0.5, 0.6) is 0 Å². The summed E-state index contributed by atoms with van der Waals surface area (Å²) in [6, 6.07) is 9.19. The zero-order chi connectivity index (χ0) is 17.7. The number of halogens is 1. The molecule has 2 aromatic rings. The average molecular weight is 391 g/mol. The SMILES string of the molecule is Cc1ccc(/C=C/C(=O)N(C)CC(=O)Nc2ccc(Br)cc2C)o1. The molecule has 0 radical (unpaired) electrons. The molecular weight excluding hydrogens is 372 g/mol. The van der Waals surface area contributed by atoms with Crippen molar-refractivity contribution in [3.63, 3.8) is 0 Å². The van der Waals surface area contributed by atoms with E-state index in [2.05, 4.69) is 21.2 Å². The van der Waals surface area contributed by atoms with E-state index in [-0.39, 0.29) is 18.4 Å². The monoisotopic (exact) mass is 390 g/mol. The van der Waals surface area contributed by atoms with Gasteiger partial charge in [-0.05, 0) is 55.8 Å². The molecule has 0 fully saturated rings. The average Bonchev–Trinajstić information content (AvgIpc) is 2.93. The molecule has 0 unspecified atom stereocenters. The molecule has 1 aromatic heterocycles. The Bertz CT molecular complexity index is 780. The highest BCUT2D eigenvalue weighted by molar-refractivity contribution is 9.10. The molecule has 1 N–H and O–H groups in total. The largest absolute Gasteiger partial charge is 0.462 e. The Balaban J connectivity index is 1.90. The number of benzene rings is 1. The lowest BCUT2D eigenvalue weighted by molar-refractivity contribution is -0.129. The van der Waals surface area contributed by atoms with Gasteiger partial charge in [-0.2, -0.15) is 0 Å². The molecule has 6 heteroatoms. The van der Waals surface area contributed by atoms with E-state index in [0.717, 1.165) is 21.5 Å². The number of furan rings is 1. The van der Waals surface area contributed by atoms with Gasteiger partial charge in [0, 0.05) is 23.3 Å². The van der Waals surface area contributed by atoms with Crippen molar-refractivity contribution in [3.8, 4) is 0 Å². The van der Waals surface area contributed by atoms with Gasteiger partial charge in [-0.15, -0.1) is 0 Å². The smallest absolute Gasteiger partial charge is 0.246 e. The molecule has 0 aliphatic heterocycles. The van der Waals surface area contributed by atoms with E-state index < -0.39 is 0 Å². The third-order valence-electron chi connectivity index (χ3n) is 3.37. The summed E-state index contributed by atoms with van der Waals surface area (Å²) in [4.78, 5) is 25.5. The van der Waals surface area contributed by atoms with Crippen LogP contribution in [-0.2, 0) is 9.59 Å². The number of amides is 2. The summed E-state index contributed by atoms with van der Waals surface area (Å²) in [5, 5.41) is 2.80. The summed E-state index contributed by atoms with van der Waals surface area (Å²) in [6.45, 7) is 3.71. The van der Waals surface area contributed by atoms with Crippen molar-refractivity contribution < 1.29 is 14.0 Å². The molecule has 0 aliphatic carbocycles. The molecule has 0 aliphatic rings. The summed E-state index contributed by atoms with van der Waals surface area (Å²) in [7, 11) is 1.58. The minimum absolute atomic E-state index is 0.0319. The van der Waals surface area contributed by atoms with Gasteiger partial charge in [-0.25, -0.2) is 0 Å². The minimum Gasteiger partial charge on any atom is -0.462 e. The molecule has 0 bridgehead atoms. The second-order valence-corrected chi connectivity index (χ2v) is 6.40. The number of hydrogen-bond donors (Lipinski definition) is 1. The van der Waals surface area contributed by atoms with Crippen LogP contribution in [0.15, 0.2) is 45.3 Å². The van der Waals surface area contributed by atoms with Crippen LogP contribution in [0.3, 0.4) is 0 Å². The third kappa shape index (κ3) is 5.09. The van der Waals surface area contributed by atoms with Gasteiger partial charge in [-0.1, -0.05) is 15.9 Å². The van der Waals surface area contributed by atoms with E-state index >= 15 is 0 Å². The fourth-order valence-corrected chi connectivity index (χ4v) is 2.55. The number of nitrogens with one attached hydrogen (secondary N) is 1. The second-order valence-electron chi connectivity index (χ2n) is 5.48. The van der Waals surface area contributed by atoms with Crippen molar-refractivity contribution in [3.05, 3.63) is 58.0 Å². The van der Waals surface area contributed by atoms with Crippen molar-refractivity contribution in [2.75, 3.05) is 18.9 Å². The molecule has 0 atom stereocenters. The first-order valence-corrected chi connectivity index (χ1v) is 8.20. The Labute approximate surface area is 149 Å². The van der Waals surface area contributed by atoms with Gasteiger partial charge in [0.25, 0.3) is 0 Å². The standard InChI is InChI=1S/C18H19BrN2O3/c1-12-10-14(19)5-8-16(12)20-17(22)11-21(3)18(23)9-7-15-6-4-13(2)24-15/h4-10H,11H2,1-3H3,(H,20,22)/b9-7+. The molecule has 24 heavy (non-hydrogen) atoms. The summed E-state index contributed by atoms with van der Waals surface area (Å²) in [5.74, 6) is 0.856. The van der Waals surface area contributed by atoms with E-state index in [1.807, 2.05) is 38.1 Å². The summed E-state index contributed by atoms with van der Waals surface area (Å²) >= 11 is 3.38. The lowest BCUT2D eigenvalue weighted by Gasteiger charge is -2.15. The maximum Gasteiger partial charge on any atom is 0.246 e. The molecule has 126 valence electrons. The van der Waals surface area contributed by atoms with Gasteiger partial charge >= 0.3 is 0 Å². The molecule has 0 saturated carbocycles. The van der Waals surface area contributed by atoms with Crippen molar-refractivity contribution in [1.82, 2.24) is 4.90 Å². The number of carbonyl (C=O) groups is 2. The summed E-state index contributed by atoms with van der Waals surface area (Å²) in [6.07, 6.45) is 2.97. The van der Waals surface area contributed by atoms with E-state index in [1.165, 1.54) is 11.0 Å².